The smallest absolute Gasteiger partial charge is 0.251 e. The van der Waals surface area contributed by atoms with Crippen LogP contribution in [-0.4, -0.2) is 61.9 Å². The van der Waals surface area contributed by atoms with Gasteiger partial charge in [0.25, 0.3) is 5.91 Å². The van der Waals surface area contributed by atoms with Crippen LogP contribution in [-0.2, 0) is 16.1 Å². The monoisotopic (exact) mass is 332 g/mol. The molecule has 24 heavy (non-hydrogen) atoms. The van der Waals surface area contributed by atoms with Gasteiger partial charge in [-0.25, -0.2) is 0 Å². The Morgan fingerprint density at radius 1 is 1.29 bits per heavy atom. The number of carbonyl (C=O) groups excluding carboxylic acids is 1. The quantitative estimate of drug-likeness (QED) is 0.839. The average Bonchev–Trinajstić information content (AvgIpc) is 3.19. The summed E-state index contributed by atoms with van der Waals surface area (Å²) in [6.45, 7) is 3.11. The summed E-state index contributed by atoms with van der Waals surface area (Å²) in [6, 6.07) is 6.12. The van der Waals surface area contributed by atoms with Crippen LogP contribution in [0.5, 0.6) is 11.5 Å². The minimum Gasteiger partial charge on any atom is -0.454 e. The fourth-order valence-corrected chi connectivity index (χ4v) is 3.88. The van der Waals surface area contributed by atoms with Gasteiger partial charge in [-0.05, 0) is 43.0 Å². The van der Waals surface area contributed by atoms with Crippen molar-refractivity contribution in [2.45, 2.75) is 31.6 Å². The van der Waals surface area contributed by atoms with E-state index in [1.54, 1.807) is 19.0 Å². The molecule has 0 bridgehead atoms. The molecule has 3 atom stereocenters. The van der Waals surface area contributed by atoms with Crippen LogP contribution in [0.15, 0.2) is 18.2 Å². The molecular weight excluding hydrogens is 308 g/mol. The highest BCUT2D eigenvalue weighted by molar-refractivity contribution is 5.80. The van der Waals surface area contributed by atoms with Gasteiger partial charge in [-0.1, -0.05) is 6.07 Å². The van der Waals surface area contributed by atoms with E-state index in [0.717, 1.165) is 44.0 Å². The Hall–Kier alpha value is -1.79. The van der Waals surface area contributed by atoms with E-state index in [4.69, 9.17) is 14.2 Å². The third-order valence-electron chi connectivity index (χ3n) is 5.20. The first-order valence-corrected chi connectivity index (χ1v) is 8.57. The van der Waals surface area contributed by atoms with Gasteiger partial charge >= 0.3 is 0 Å². The molecule has 0 unspecified atom stereocenters. The van der Waals surface area contributed by atoms with Crippen molar-refractivity contribution in [3.63, 3.8) is 0 Å². The lowest BCUT2D eigenvalue weighted by atomic mass is 9.91. The van der Waals surface area contributed by atoms with Crippen LogP contribution < -0.4 is 9.47 Å². The van der Waals surface area contributed by atoms with Gasteiger partial charge in [0.15, 0.2) is 11.5 Å². The summed E-state index contributed by atoms with van der Waals surface area (Å²) in [7, 11) is 3.58. The SMILES string of the molecule is CN(C)C(=O)[C@H]1C[C@@H]2CCN(Cc3ccc4c(c3)OCO4)C[C@@H]2O1. The number of fused-ring (bicyclic) bond motifs is 2. The van der Waals surface area contributed by atoms with Crippen LogP contribution in [0.2, 0.25) is 0 Å². The zero-order valence-corrected chi connectivity index (χ0v) is 14.2. The number of piperidine rings is 1. The third kappa shape index (κ3) is 2.96. The number of likely N-dealkylation sites (N-methyl/N-ethyl adjacent to an activating group) is 1. The molecule has 2 fully saturated rings. The first kappa shape index (κ1) is 15.7. The van der Waals surface area contributed by atoms with E-state index in [2.05, 4.69) is 17.0 Å². The van der Waals surface area contributed by atoms with Gasteiger partial charge in [-0.15, -0.1) is 0 Å². The lowest BCUT2D eigenvalue weighted by Crippen LogP contribution is -2.42. The van der Waals surface area contributed by atoms with Crippen molar-refractivity contribution >= 4 is 5.91 Å². The number of hydrogen-bond acceptors (Lipinski definition) is 5. The van der Waals surface area contributed by atoms with E-state index in [1.165, 1.54) is 5.56 Å². The van der Waals surface area contributed by atoms with Gasteiger partial charge in [-0.3, -0.25) is 9.69 Å². The van der Waals surface area contributed by atoms with Crippen LogP contribution in [0.25, 0.3) is 0 Å². The summed E-state index contributed by atoms with van der Waals surface area (Å²) in [5.41, 5.74) is 1.22. The van der Waals surface area contributed by atoms with E-state index in [0.29, 0.717) is 12.7 Å². The molecule has 3 aliphatic heterocycles. The van der Waals surface area contributed by atoms with Crippen molar-refractivity contribution in [3.05, 3.63) is 23.8 Å². The number of rotatable bonds is 3. The summed E-state index contributed by atoms with van der Waals surface area (Å²) >= 11 is 0. The molecular formula is C18H24N2O4. The lowest BCUT2D eigenvalue weighted by molar-refractivity contribution is -0.141. The largest absolute Gasteiger partial charge is 0.454 e. The molecule has 1 amide bonds. The molecule has 3 aliphatic rings. The molecule has 0 radical (unpaired) electrons. The number of hydrogen-bond donors (Lipinski definition) is 0. The van der Waals surface area contributed by atoms with Crippen molar-refractivity contribution in [2.75, 3.05) is 34.0 Å². The summed E-state index contributed by atoms with van der Waals surface area (Å²) in [6.07, 6.45) is 1.86. The van der Waals surface area contributed by atoms with E-state index in [-0.39, 0.29) is 18.1 Å². The lowest BCUT2D eigenvalue weighted by Gasteiger charge is -2.34. The first-order valence-electron chi connectivity index (χ1n) is 8.57. The predicted octanol–water partition coefficient (Wildman–Crippen LogP) is 1.48. The highest BCUT2D eigenvalue weighted by Crippen LogP contribution is 2.36. The van der Waals surface area contributed by atoms with Gasteiger partial charge in [-0.2, -0.15) is 0 Å². The molecule has 6 heteroatoms. The second kappa shape index (κ2) is 6.26. The summed E-state index contributed by atoms with van der Waals surface area (Å²) in [5, 5.41) is 0. The molecule has 6 nitrogen and oxygen atoms in total. The van der Waals surface area contributed by atoms with Crippen molar-refractivity contribution in [2.24, 2.45) is 5.92 Å². The van der Waals surface area contributed by atoms with Crippen molar-refractivity contribution in [1.29, 1.82) is 0 Å². The van der Waals surface area contributed by atoms with Crippen LogP contribution in [0.1, 0.15) is 18.4 Å². The Morgan fingerprint density at radius 3 is 2.96 bits per heavy atom. The molecule has 0 spiro atoms. The van der Waals surface area contributed by atoms with Crippen LogP contribution >= 0.6 is 0 Å². The summed E-state index contributed by atoms with van der Waals surface area (Å²) in [4.78, 5) is 16.2. The highest BCUT2D eigenvalue weighted by Gasteiger charge is 2.42. The zero-order chi connectivity index (χ0) is 16.7. The summed E-state index contributed by atoms with van der Waals surface area (Å²) < 4.78 is 16.9. The predicted molar refractivity (Wildman–Crippen MR) is 87.9 cm³/mol. The Labute approximate surface area is 142 Å². The minimum absolute atomic E-state index is 0.0896. The summed E-state index contributed by atoms with van der Waals surface area (Å²) in [5.74, 6) is 2.25. The van der Waals surface area contributed by atoms with Crippen molar-refractivity contribution in [3.8, 4) is 11.5 Å². The standard InChI is InChI=1S/C18H24N2O4/c1-19(2)18(21)16-8-13-5-6-20(10-17(13)24-16)9-12-3-4-14-15(7-12)23-11-22-14/h3-4,7,13,16-17H,5-6,8-11H2,1-2H3/t13-,16+,17-/m0/s1. The van der Waals surface area contributed by atoms with Crippen molar-refractivity contribution < 1.29 is 19.0 Å². The normalized spacial score (nSPS) is 28.7. The van der Waals surface area contributed by atoms with Gasteiger partial charge < -0.3 is 19.1 Å². The molecule has 1 aromatic carbocycles. The third-order valence-corrected chi connectivity index (χ3v) is 5.20. The van der Waals surface area contributed by atoms with E-state index < -0.39 is 0 Å². The number of carbonyl (C=O) groups is 1. The molecule has 0 saturated carbocycles. The second-order valence-corrected chi connectivity index (χ2v) is 7.10. The molecule has 0 N–H and O–H groups in total. The maximum atomic E-state index is 12.1. The maximum absolute atomic E-state index is 12.1. The molecule has 0 aliphatic carbocycles. The van der Waals surface area contributed by atoms with Crippen LogP contribution in [0, 0.1) is 5.92 Å². The van der Waals surface area contributed by atoms with Crippen molar-refractivity contribution in [1.82, 2.24) is 9.80 Å². The number of ether oxygens (including phenoxy) is 3. The van der Waals surface area contributed by atoms with Gasteiger partial charge in [0, 0.05) is 27.2 Å². The number of amides is 1. The van der Waals surface area contributed by atoms with Gasteiger partial charge in [0.05, 0.1) is 6.10 Å². The van der Waals surface area contributed by atoms with Crippen LogP contribution in [0.4, 0.5) is 0 Å². The fraction of sp³-hybridized carbons (Fsp3) is 0.611. The number of benzene rings is 1. The Balaban J connectivity index is 1.37. The topological polar surface area (TPSA) is 51.2 Å². The number of nitrogens with zero attached hydrogens (tertiary/aromatic N) is 2. The van der Waals surface area contributed by atoms with E-state index in [1.807, 2.05) is 6.07 Å². The van der Waals surface area contributed by atoms with E-state index >= 15 is 0 Å². The van der Waals surface area contributed by atoms with Gasteiger partial charge in [0.2, 0.25) is 6.79 Å². The zero-order valence-electron chi connectivity index (χ0n) is 14.2. The highest BCUT2D eigenvalue weighted by atomic mass is 16.7. The van der Waals surface area contributed by atoms with Crippen LogP contribution in [0.3, 0.4) is 0 Å². The maximum Gasteiger partial charge on any atom is 0.251 e. The Bertz CT molecular complexity index is 633. The molecule has 0 aromatic heterocycles. The molecule has 130 valence electrons. The number of likely N-dealkylation sites (tertiary alicyclic amines) is 1. The molecule has 4 rings (SSSR count). The van der Waals surface area contributed by atoms with Gasteiger partial charge in [0.1, 0.15) is 6.10 Å². The minimum atomic E-state index is -0.263. The Morgan fingerprint density at radius 2 is 2.12 bits per heavy atom. The Kier molecular flexibility index (Phi) is 4.10. The molecule has 1 aromatic rings. The fourth-order valence-electron chi connectivity index (χ4n) is 3.88. The average molecular weight is 332 g/mol. The molecule has 3 heterocycles. The second-order valence-electron chi connectivity index (χ2n) is 7.10. The van der Waals surface area contributed by atoms with E-state index in [9.17, 15) is 4.79 Å². The molecule has 2 saturated heterocycles. The first-order chi connectivity index (χ1) is 11.6.